The Morgan fingerprint density at radius 1 is 1.10 bits per heavy atom. The van der Waals surface area contributed by atoms with Crippen molar-refractivity contribution in [2.75, 3.05) is 18.0 Å². The van der Waals surface area contributed by atoms with Crippen molar-refractivity contribution in [3.05, 3.63) is 5.82 Å². The van der Waals surface area contributed by atoms with Gasteiger partial charge in [0.1, 0.15) is 5.82 Å². The Hall–Kier alpha value is -1.52. The van der Waals surface area contributed by atoms with Gasteiger partial charge in [0.25, 0.3) is 0 Å². The normalized spacial score (nSPS) is 18.6. The molecule has 120 valence electrons. The number of nitrogens with zero attached hydrogens (tertiary/aromatic N) is 3. The van der Waals surface area contributed by atoms with Gasteiger partial charge in [-0.3, -0.25) is 5.10 Å². The number of hydrogen-bond donors (Lipinski definition) is 2. The van der Waals surface area contributed by atoms with Crippen LogP contribution in [0.4, 0.5) is 32.3 Å². The summed E-state index contributed by atoms with van der Waals surface area (Å²) >= 11 is 0. The molecule has 2 rings (SSSR count). The van der Waals surface area contributed by atoms with Gasteiger partial charge in [-0.05, 0) is 12.8 Å². The van der Waals surface area contributed by atoms with Crippen LogP contribution in [0, 0.1) is 0 Å². The van der Waals surface area contributed by atoms with Crippen molar-refractivity contribution in [1.29, 1.82) is 0 Å². The molecule has 0 saturated carbocycles. The number of rotatable bonds is 2. The van der Waals surface area contributed by atoms with E-state index >= 15 is 0 Å². The molecule has 21 heavy (non-hydrogen) atoms. The van der Waals surface area contributed by atoms with Crippen LogP contribution in [-0.4, -0.2) is 46.7 Å². The van der Waals surface area contributed by atoms with E-state index < -0.39 is 24.1 Å². The van der Waals surface area contributed by atoms with Crippen LogP contribution < -0.4 is 10.6 Å². The highest BCUT2D eigenvalue weighted by molar-refractivity contribution is 5.30. The molecule has 0 aromatic carbocycles. The number of alkyl halides is 6. The summed E-state index contributed by atoms with van der Waals surface area (Å²) < 4.78 is 75.4. The number of piperidine rings is 1. The van der Waals surface area contributed by atoms with Gasteiger partial charge in [0.2, 0.25) is 11.9 Å². The van der Waals surface area contributed by atoms with Gasteiger partial charge < -0.3 is 10.6 Å². The van der Waals surface area contributed by atoms with Crippen molar-refractivity contribution in [2.24, 2.45) is 5.73 Å². The Morgan fingerprint density at radius 2 is 1.62 bits per heavy atom. The lowest BCUT2D eigenvalue weighted by Crippen LogP contribution is -2.40. The largest absolute Gasteiger partial charge is 0.407 e. The molecule has 0 atom stereocenters. The topological polar surface area (TPSA) is 70.8 Å². The zero-order valence-electron chi connectivity index (χ0n) is 10.7. The molecule has 1 aromatic rings. The second kappa shape index (κ2) is 5.35. The number of hydrogen-bond acceptors (Lipinski definition) is 4. The summed E-state index contributed by atoms with van der Waals surface area (Å²) in [6.07, 6.45) is -9.82. The van der Waals surface area contributed by atoms with Gasteiger partial charge in [-0.15, -0.1) is 5.10 Å². The number of aromatic amines is 1. The average Bonchev–Trinajstić information content (AvgIpc) is 2.75. The lowest BCUT2D eigenvalue weighted by atomic mass is 10.1. The average molecular weight is 317 g/mol. The summed E-state index contributed by atoms with van der Waals surface area (Å²) in [6.45, 7) is 0.780. The first kappa shape index (κ1) is 15.9. The van der Waals surface area contributed by atoms with Crippen molar-refractivity contribution in [1.82, 2.24) is 15.2 Å². The molecule has 0 amide bonds. The fourth-order valence-corrected chi connectivity index (χ4v) is 2.13. The van der Waals surface area contributed by atoms with Gasteiger partial charge in [-0.2, -0.15) is 31.3 Å². The fraction of sp³-hybridized carbons (Fsp3) is 0.800. The summed E-state index contributed by atoms with van der Waals surface area (Å²) in [6, 6.07) is -0.0299. The molecule has 11 heteroatoms. The lowest BCUT2D eigenvalue weighted by Gasteiger charge is -2.29. The third-order valence-electron chi connectivity index (χ3n) is 3.24. The minimum absolute atomic E-state index is 0.0299. The minimum Gasteiger partial charge on any atom is -0.339 e. The monoisotopic (exact) mass is 317 g/mol. The predicted molar refractivity (Wildman–Crippen MR) is 60.7 cm³/mol. The molecule has 5 nitrogen and oxygen atoms in total. The van der Waals surface area contributed by atoms with E-state index in [1.807, 2.05) is 0 Å². The van der Waals surface area contributed by atoms with Crippen molar-refractivity contribution in [3.8, 4) is 0 Å². The smallest absolute Gasteiger partial charge is 0.339 e. The predicted octanol–water partition coefficient (Wildman–Crippen LogP) is 1.94. The highest BCUT2D eigenvalue weighted by Gasteiger charge is 2.59. The maximum atomic E-state index is 12.6. The van der Waals surface area contributed by atoms with Crippen molar-refractivity contribution in [2.45, 2.75) is 37.2 Å². The highest BCUT2D eigenvalue weighted by Crippen LogP contribution is 2.45. The van der Waals surface area contributed by atoms with Crippen molar-refractivity contribution in [3.63, 3.8) is 0 Å². The molecule has 3 N–H and O–H groups in total. The van der Waals surface area contributed by atoms with Crippen molar-refractivity contribution < 1.29 is 26.3 Å². The van der Waals surface area contributed by atoms with Gasteiger partial charge in [0, 0.05) is 19.1 Å². The van der Waals surface area contributed by atoms with Crippen LogP contribution in [0.1, 0.15) is 24.6 Å². The third-order valence-corrected chi connectivity index (χ3v) is 3.24. The first-order chi connectivity index (χ1) is 9.59. The van der Waals surface area contributed by atoms with Gasteiger partial charge in [0.05, 0.1) is 0 Å². The Balaban J connectivity index is 2.21. The maximum absolute atomic E-state index is 12.6. The van der Waals surface area contributed by atoms with E-state index in [4.69, 9.17) is 5.73 Å². The number of anilines is 1. The van der Waals surface area contributed by atoms with E-state index in [0.717, 1.165) is 0 Å². The summed E-state index contributed by atoms with van der Waals surface area (Å²) in [5, 5.41) is 5.22. The number of halogens is 6. The summed E-state index contributed by atoms with van der Waals surface area (Å²) in [4.78, 5) is 4.88. The Labute approximate surface area is 115 Å². The summed E-state index contributed by atoms with van der Waals surface area (Å²) in [5.41, 5.74) is 5.67. The van der Waals surface area contributed by atoms with E-state index in [9.17, 15) is 26.3 Å². The number of H-pyrrole nitrogens is 1. The maximum Gasteiger partial charge on any atom is 0.407 e. The number of nitrogens with one attached hydrogen (secondary N) is 1. The Kier molecular flexibility index (Phi) is 4.04. The second-order valence-corrected chi connectivity index (χ2v) is 4.86. The second-order valence-electron chi connectivity index (χ2n) is 4.86. The molecule has 1 aromatic heterocycles. The van der Waals surface area contributed by atoms with Gasteiger partial charge in [0.15, 0.2) is 0 Å². The van der Waals surface area contributed by atoms with E-state index in [1.54, 1.807) is 5.10 Å². The van der Waals surface area contributed by atoms with Gasteiger partial charge in [-0.1, -0.05) is 0 Å². The summed E-state index contributed by atoms with van der Waals surface area (Å²) in [7, 11) is 0. The zero-order chi connectivity index (χ0) is 15.8. The minimum atomic E-state index is -5.49. The SMILES string of the molecule is NC1CCN(c2n[nH]c(C(C(F)(F)F)C(F)(F)F)n2)CC1. The van der Waals surface area contributed by atoms with Crippen LogP contribution in [0.2, 0.25) is 0 Å². The van der Waals surface area contributed by atoms with Crippen LogP contribution in [0.5, 0.6) is 0 Å². The lowest BCUT2D eigenvalue weighted by molar-refractivity contribution is -0.255. The van der Waals surface area contributed by atoms with E-state index in [0.29, 0.717) is 25.9 Å². The molecule has 1 saturated heterocycles. The number of nitrogens with two attached hydrogens (primary N) is 1. The first-order valence-corrected chi connectivity index (χ1v) is 6.15. The highest BCUT2D eigenvalue weighted by atomic mass is 19.4. The van der Waals surface area contributed by atoms with Crippen LogP contribution in [0.15, 0.2) is 0 Å². The molecule has 2 heterocycles. The molecule has 0 radical (unpaired) electrons. The van der Waals surface area contributed by atoms with Crippen LogP contribution in [0.25, 0.3) is 0 Å². The quantitative estimate of drug-likeness (QED) is 0.818. The molecular weight excluding hydrogens is 304 g/mol. The molecule has 1 fully saturated rings. The van der Waals surface area contributed by atoms with Crippen LogP contribution in [-0.2, 0) is 0 Å². The molecule has 0 aliphatic carbocycles. The van der Waals surface area contributed by atoms with E-state index in [-0.39, 0.29) is 12.0 Å². The Morgan fingerprint density at radius 3 is 2.10 bits per heavy atom. The molecular formula is C10H13F6N5. The number of aromatic nitrogens is 3. The molecule has 0 bridgehead atoms. The van der Waals surface area contributed by atoms with Crippen LogP contribution in [0.3, 0.4) is 0 Å². The van der Waals surface area contributed by atoms with E-state index in [1.165, 1.54) is 4.90 Å². The molecule has 1 aliphatic rings. The molecule has 1 aliphatic heterocycles. The third kappa shape index (κ3) is 3.57. The first-order valence-electron chi connectivity index (χ1n) is 6.15. The Bertz CT molecular complexity index is 459. The summed E-state index contributed by atoms with van der Waals surface area (Å²) in [5.74, 6) is -5.09. The molecule has 0 spiro atoms. The zero-order valence-corrected chi connectivity index (χ0v) is 10.7. The standard InChI is InChI=1S/C10H13F6N5/c11-9(12,13)6(10(14,15)16)7-18-8(20-19-7)21-3-1-5(17)2-4-21/h5-6H,1-4,17H2,(H,18,19,20). The van der Waals surface area contributed by atoms with E-state index in [2.05, 4.69) is 10.1 Å². The molecule has 0 unspecified atom stereocenters. The van der Waals surface area contributed by atoms with Gasteiger partial charge in [-0.25, -0.2) is 0 Å². The van der Waals surface area contributed by atoms with Crippen molar-refractivity contribution >= 4 is 5.95 Å². The van der Waals surface area contributed by atoms with Gasteiger partial charge >= 0.3 is 12.4 Å². The van der Waals surface area contributed by atoms with Crippen LogP contribution >= 0.6 is 0 Å². The fourth-order valence-electron chi connectivity index (χ4n) is 2.13.